The summed E-state index contributed by atoms with van der Waals surface area (Å²) in [7, 11) is 0. The maximum Gasteiger partial charge on any atom is 0.326 e. The molecule has 59 heavy (non-hydrogen) atoms. The minimum Gasteiger partial charge on any atom is -0.480 e. The first-order valence-corrected chi connectivity index (χ1v) is 20.7. The Kier molecular flexibility index (Phi) is 22.5. The van der Waals surface area contributed by atoms with Crippen LogP contribution in [0.5, 0.6) is 0 Å². The number of aliphatic carboxylic acids is 1. The first kappa shape index (κ1) is 52.0. The molecule has 336 valence electrons. The monoisotopic (exact) mass is 839 g/mol. The number of carbonyl (C=O) groups excluding carboxylic acids is 7. The third kappa shape index (κ3) is 16.6. The van der Waals surface area contributed by atoms with Crippen molar-refractivity contribution >= 4 is 53.3 Å². The normalized spacial score (nSPS) is 18.4. The molecule has 1 aliphatic heterocycles. The van der Waals surface area contributed by atoms with Crippen molar-refractivity contribution in [1.29, 1.82) is 0 Å². The second kappa shape index (κ2) is 25.5. The molecule has 12 N–H and O–H groups in total. The van der Waals surface area contributed by atoms with E-state index in [1.807, 2.05) is 0 Å². The summed E-state index contributed by atoms with van der Waals surface area (Å²) < 4.78 is 0. The fourth-order valence-electron chi connectivity index (χ4n) is 6.63. The van der Waals surface area contributed by atoms with Crippen molar-refractivity contribution in [2.45, 2.75) is 162 Å². The van der Waals surface area contributed by atoms with Crippen LogP contribution >= 0.6 is 0 Å². The van der Waals surface area contributed by atoms with E-state index in [4.69, 9.17) is 11.5 Å². The lowest BCUT2D eigenvalue weighted by molar-refractivity contribution is -0.149. The Labute approximate surface area is 347 Å². The molecule has 0 bridgehead atoms. The Morgan fingerprint density at radius 2 is 1.19 bits per heavy atom. The number of nitrogens with one attached hydrogen (secondary N) is 6. The molecule has 0 spiro atoms. The topological polar surface area (TPSA) is 317 Å². The number of likely N-dealkylation sites (tertiary alicyclic amines) is 1. The van der Waals surface area contributed by atoms with Gasteiger partial charge in [0.2, 0.25) is 41.4 Å². The molecule has 7 amide bonds. The Morgan fingerprint density at radius 3 is 1.66 bits per heavy atom. The lowest BCUT2D eigenvalue weighted by atomic mass is 9.95. The summed E-state index contributed by atoms with van der Waals surface area (Å²) in [6.07, 6.45) is 1.02. The Balaban J connectivity index is 3.31. The molecule has 1 fully saturated rings. The van der Waals surface area contributed by atoms with Gasteiger partial charge in [0.15, 0.2) is 5.96 Å². The van der Waals surface area contributed by atoms with Gasteiger partial charge in [-0.1, -0.05) is 67.7 Å². The average molecular weight is 839 g/mol. The van der Waals surface area contributed by atoms with E-state index in [0.29, 0.717) is 25.7 Å². The number of aliphatic imine (C=N–C) groups is 1. The molecule has 0 saturated carbocycles. The van der Waals surface area contributed by atoms with Crippen LogP contribution in [0.2, 0.25) is 0 Å². The molecule has 20 nitrogen and oxygen atoms in total. The number of guanidine groups is 1. The summed E-state index contributed by atoms with van der Waals surface area (Å²) in [6.45, 7) is 15.2. The van der Waals surface area contributed by atoms with E-state index in [9.17, 15) is 48.6 Å². The van der Waals surface area contributed by atoms with Crippen molar-refractivity contribution in [3.8, 4) is 0 Å². The van der Waals surface area contributed by atoms with Crippen molar-refractivity contribution in [3.05, 3.63) is 0 Å². The summed E-state index contributed by atoms with van der Waals surface area (Å²) in [5.74, 6) is -7.25. The van der Waals surface area contributed by atoms with Crippen LogP contribution in [-0.2, 0) is 38.4 Å². The van der Waals surface area contributed by atoms with Gasteiger partial charge in [0.05, 0.1) is 6.10 Å². The lowest BCUT2D eigenvalue weighted by Crippen LogP contribution is -2.63. The van der Waals surface area contributed by atoms with E-state index < -0.39 is 108 Å². The zero-order valence-electron chi connectivity index (χ0n) is 36.1. The quantitative estimate of drug-likeness (QED) is 0.0300. The summed E-state index contributed by atoms with van der Waals surface area (Å²) in [6, 6.07) is -8.27. The van der Waals surface area contributed by atoms with Gasteiger partial charge in [-0.05, 0) is 56.8 Å². The second-order valence-electron chi connectivity index (χ2n) is 15.8. The molecule has 0 radical (unpaired) electrons. The SMILES string of the molecule is CCC[C@H](NC(=O)[C@@H](NC(=O)[C@H](NC(=O)[C@@H](NC(C)=O)C(C)C)[C@@H](C)CC)[C@@H](C)O)C(=O)N[C@H](C(=O)N[C@@H](CCCN=C(N)N)C(=O)N1CCC[C@@H]1C(=O)O)[C@@H](C)CC. The van der Waals surface area contributed by atoms with Crippen LogP contribution in [0.15, 0.2) is 4.99 Å². The number of nitrogens with two attached hydrogens (primary N) is 2. The summed E-state index contributed by atoms with van der Waals surface area (Å²) in [5, 5.41) is 36.2. The van der Waals surface area contributed by atoms with Crippen LogP contribution in [0.3, 0.4) is 0 Å². The number of nitrogens with zero attached hydrogens (tertiary/aromatic N) is 2. The third-order valence-corrected chi connectivity index (χ3v) is 10.5. The van der Waals surface area contributed by atoms with Gasteiger partial charge >= 0.3 is 5.97 Å². The highest BCUT2D eigenvalue weighted by atomic mass is 16.4. The number of aliphatic hydroxyl groups excluding tert-OH is 1. The molecule has 10 atom stereocenters. The molecule has 1 rings (SSSR count). The van der Waals surface area contributed by atoms with Crippen LogP contribution < -0.4 is 43.4 Å². The predicted molar refractivity (Wildman–Crippen MR) is 220 cm³/mol. The zero-order valence-corrected chi connectivity index (χ0v) is 36.1. The standard InChI is InChI=1S/C39H70N10O10/c1-10-15-25(44-36(56)31(23(8)50)48-35(55)30(22(7)12-3)47-33(53)28(20(4)5)43-24(9)51)32(52)46-29(21(6)11-2)34(54)45-26(16-13-18-42-39(40)41)37(57)49-19-14-17-27(49)38(58)59/h20-23,25-31,50H,10-19H2,1-9H3,(H,43,51)(H,44,56)(H,45,54)(H,46,52)(H,47,53)(H,48,55)(H,58,59)(H4,40,41,42)/t21-,22-,23+,25-,26-,27+,28-,29-,30+,31-/m0/s1. The fourth-order valence-corrected chi connectivity index (χ4v) is 6.63. The maximum absolute atomic E-state index is 13.9. The van der Waals surface area contributed by atoms with Gasteiger partial charge in [-0.25, -0.2) is 4.79 Å². The molecular formula is C39H70N10O10. The van der Waals surface area contributed by atoms with E-state index in [1.165, 1.54) is 18.7 Å². The molecule has 0 aliphatic carbocycles. The van der Waals surface area contributed by atoms with Crippen LogP contribution in [-0.4, -0.2) is 130 Å². The molecule has 0 aromatic carbocycles. The highest BCUT2D eigenvalue weighted by Gasteiger charge is 2.40. The van der Waals surface area contributed by atoms with E-state index in [2.05, 4.69) is 36.9 Å². The Bertz CT molecular complexity index is 1490. The number of aliphatic hydroxyl groups is 1. The third-order valence-electron chi connectivity index (χ3n) is 10.5. The van der Waals surface area contributed by atoms with E-state index in [-0.39, 0.29) is 50.7 Å². The maximum atomic E-state index is 13.9. The van der Waals surface area contributed by atoms with E-state index >= 15 is 0 Å². The van der Waals surface area contributed by atoms with Crippen LogP contribution in [0.1, 0.15) is 114 Å². The Hall–Kier alpha value is -5.01. The number of hydrogen-bond acceptors (Lipinski definition) is 10. The Morgan fingerprint density at radius 1 is 0.695 bits per heavy atom. The van der Waals surface area contributed by atoms with Crippen LogP contribution in [0.4, 0.5) is 0 Å². The molecule has 0 aromatic rings. The number of carboxylic acids is 1. The molecule has 1 heterocycles. The number of carbonyl (C=O) groups is 8. The lowest BCUT2D eigenvalue weighted by Gasteiger charge is -2.31. The first-order valence-electron chi connectivity index (χ1n) is 20.7. The van der Waals surface area contributed by atoms with Gasteiger partial charge in [0.25, 0.3) is 0 Å². The molecule has 1 aliphatic rings. The largest absolute Gasteiger partial charge is 0.480 e. The summed E-state index contributed by atoms with van der Waals surface area (Å²) in [5.41, 5.74) is 10.9. The number of rotatable bonds is 25. The summed E-state index contributed by atoms with van der Waals surface area (Å²) >= 11 is 0. The summed E-state index contributed by atoms with van der Waals surface area (Å²) in [4.78, 5) is 111. The zero-order chi connectivity index (χ0) is 45.1. The minimum absolute atomic E-state index is 0.0709. The smallest absolute Gasteiger partial charge is 0.326 e. The van der Waals surface area contributed by atoms with Crippen molar-refractivity contribution in [3.63, 3.8) is 0 Å². The van der Waals surface area contributed by atoms with Gasteiger partial charge in [0, 0.05) is 20.0 Å². The molecule has 0 aromatic heterocycles. The van der Waals surface area contributed by atoms with Crippen molar-refractivity contribution in [1.82, 2.24) is 36.8 Å². The predicted octanol–water partition coefficient (Wildman–Crippen LogP) is -1.03. The molecule has 1 saturated heterocycles. The number of carboxylic acid groups (broad SMARTS) is 1. The number of amides is 7. The first-order chi connectivity index (χ1) is 27.6. The fraction of sp³-hybridized carbons (Fsp3) is 0.769. The number of hydrogen-bond donors (Lipinski definition) is 10. The molecule has 0 unspecified atom stereocenters. The van der Waals surface area contributed by atoms with E-state index in [1.54, 1.807) is 48.5 Å². The molecular weight excluding hydrogens is 768 g/mol. The highest BCUT2D eigenvalue weighted by Crippen LogP contribution is 2.20. The van der Waals surface area contributed by atoms with Gasteiger partial charge in [-0.15, -0.1) is 0 Å². The van der Waals surface area contributed by atoms with Crippen LogP contribution in [0.25, 0.3) is 0 Å². The van der Waals surface area contributed by atoms with Crippen molar-refractivity contribution in [2.75, 3.05) is 13.1 Å². The van der Waals surface area contributed by atoms with Crippen molar-refractivity contribution < 1.29 is 48.6 Å². The molecule has 20 heteroatoms. The van der Waals surface area contributed by atoms with Gasteiger partial charge in [0.1, 0.15) is 42.3 Å². The second-order valence-corrected chi connectivity index (χ2v) is 15.8. The van der Waals surface area contributed by atoms with Gasteiger partial charge in [-0.2, -0.15) is 0 Å². The van der Waals surface area contributed by atoms with Crippen molar-refractivity contribution in [2.24, 2.45) is 34.2 Å². The minimum atomic E-state index is -1.56. The van der Waals surface area contributed by atoms with Gasteiger partial charge in [-0.3, -0.25) is 38.6 Å². The van der Waals surface area contributed by atoms with Crippen LogP contribution in [0, 0.1) is 17.8 Å². The van der Waals surface area contributed by atoms with Gasteiger partial charge < -0.3 is 58.5 Å². The van der Waals surface area contributed by atoms with E-state index in [0.717, 1.165) is 0 Å². The average Bonchev–Trinajstić information content (AvgIpc) is 3.67. The highest BCUT2D eigenvalue weighted by molar-refractivity contribution is 5.97.